The minimum Gasteiger partial charge on any atom is -0.447 e. The first-order valence-corrected chi connectivity index (χ1v) is 11.4. The third-order valence-electron chi connectivity index (χ3n) is 5.03. The third kappa shape index (κ3) is 19.9. The monoisotopic (exact) mass is 386 g/mol. The van der Waals surface area contributed by atoms with E-state index in [2.05, 4.69) is 6.92 Å². The van der Waals surface area contributed by atoms with Crippen molar-refractivity contribution in [3.05, 3.63) is 0 Å². The molecule has 0 fully saturated rings. The fourth-order valence-corrected chi connectivity index (χ4v) is 3.27. The predicted molar refractivity (Wildman–Crippen MR) is 113 cm³/mol. The van der Waals surface area contributed by atoms with Gasteiger partial charge in [-0.3, -0.25) is 10.5 Å². The van der Waals surface area contributed by atoms with Crippen LogP contribution in [0.15, 0.2) is 0 Å². The molecule has 0 aliphatic carbocycles. The van der Waals surface area contributed by atoms with Crippen LogP contribution < -0.4 is 11.5 Å². The van der Waals surface area contributed by atoms with Crippen molar-refractivity contribution in [3.63, 3.8) is 0 Å². The Morgan fingerprint density at radius 3 is 1.89 bits per heavy atom. The van der Waals surface area contributed by atoms with Crippen molar-refractivity contribution < 1.29 is 14.6 Å². The number of unbranched alkanes of at least 4 members (excludes halogenated alkanes) is 10. The van der Waals surface area contributed by atoms with Gasteiger partial charge in [0, 0.05) is 6.42 Å². The standard InChI is InChI=1S/C22H46N2O3/c1-2-3-4-11-15-20(25)16-12-9-7-5-6-8-10-13-18-22(26)27-21(24)17-14-19-23/h20-21,25H,2-19,23-24H2,1H3. The summed E-state index contributed by atoms with van der Waals surface area (Å²) in [7, 11) is 0. The molecule has 0 aromatic carbocycles. The van der Waals surface area contributed by atoms with E-state index in [-0.39, 0.29) is 12.1 Å². The fourth-order valence-electron chi connectivity index (χ4n) is 3.27. The molecule has 0 amide bonds. The lowest BCUT2D eigenvalue weighted by Crippen LogP contribution is -2.27. The summed E-state index contributed by atoms with van der Waals surface area (Å²) in [6, 6.07) is 0. The van der Waals surface area contributed by atoms with E-state index >= 15 is 0 Å². The molecule has 27 heavy (non-hydrogen) atoms. The topological polar surface area (TPSA) is 98.6 Å². The Balaban J connectivity index is 3.29. The smallest absolute Gasteiger partial charge is 0.307 e. The summed E-state index contributed by atoms with van der Waals surface area (Å²) in [6.45, 7) is 2.79. The summed E-state index contributed by atoms with van der Waals surface area (Å²) < 4.78 is 5.14. The van der Waals surface area contributed by atoms with Crippen LogP contribution in [-0.4, -0.2) is 30.0 Å². The van der Waals surface area contributed by atoms with Gasteiger partial charge < -0.3 is 15.6 Å². The summed E-state index contributed by atoms with van der Waals surface area (Å²) in [5.74, 6) is -0.187. The van der Waals surface area contributed by atoms with Gasteiger partial charge in [0.2, 0.25) is 0 Å². The Labute approximate surface area is 167 Å². The second kappa shape index (κ2) is 20.1. The van der Waals surface area contributed by atoms with Gasteiger partial charge in [-0.25, -0.2) is 0 Å². The summed E-state index contributed by atoms with van der Waals surface area (Å²) >= 11 is 0. The Morgan fingerprint density at radius 2 is 1.33 bits per heavy atom. The van der Waals surface area contributed by atoms with Crippen LogP contribution in [0, 0.1) is 0 Å². The highest BCUT2D eigenvalue weighted by Gasteiger charge is 2.09. The molecule has 0 aromatic rings. The molecule has 0 saturated carbocycles. The number of aliphatic hydroxyl groups excluding tert-OH is 1. The van der Waals surface area contributed by atoms with Crippen molar-refractivity contribution >= 4 is 5.97 Å². The zero-order valence-corrected chi connectivity index (χ0v) is 17.8. The maximum absolute atomic E-state index is 11.6. The number of esters is 1. The van der Waals surface area contributed by atoms with Crippen LogP contribution in [0.2, 0.25) is 0 Å². The van der Waals surface area contributed by atoms with Crippen LogP contribution in [0.4, 0.5) is 0 Å². The molecule has 2 atom stereocenters. The van der Waals surface area contributed by atoms with Crippen LogP contribution in [-0.2, 0) is 9.53 Å². The normalized spacial score (nSPS) is 13.5. The number of nitrogens with two attached hydrogens (primary N) is 2. The maximum atomic E-state index is 11.6. The molecule has 0 spiro atoms. The molecule has 0 rings (SSSR count). The van der Waals surface area contributed by atoms with Crippen molar-refractivity contribution in [2.45, 2.75) is 128 Å². The summed E-state index contributed by atoms with van der Waals surface area (Å²) in [6.07, 6.45) is 17.4. The molecular weight excluding hydrogens is 340 g/mol. The molecule has 5 nitrogen and oxygen atoms in total. The number of hydrogen-bond acceptors (Lipinski definition) is 5. The quantitative estimate of drug-likeness (QED) is 0.159. The van der Waals surface area contributed by atoms with E-state index in [4.69, 9.17) is 16.2 Å². The SMILES string of the molecule is CCCCCCC(O)CCCCCCCCCCC(=O)OC(N)CCCN. The third-order valence-corrected chi connectivity index (χ3v) is 5.03. The van der Waals surface area contributed by atoms with E-state index in [0.29, 0.717) is 19.4 Å². The van der Waals surface area contributed by atoms with Gasteiger partial charge in [-0.15, -0.1) is 0 Å². The van der Waals surface area contributed by atoms with E-state index in [1.807, 2.05) is 0 Å². The fraction of sp³-hybridized carbons (Fsp3) is 0.955. The van der Waals surface area contributed by atoms with Crippen molar-refractivity contribution in [1.29, 1.82) is 0 Å². The first-order chi connectivity index (χ1) is 13.1. The largest absolute Gasteiger partial charge is 0.447 e. The lowest BCUT2D eigenvalue weighted by atomic mass is 10.0. The lowest BCUT2D eigenvalue weighted by molar-refractivity contribution is -0.149. The van der Waals surface area contributed by atoms with E-state index in [9.17, 15) is 9.90 Å². The van der Waals surface area contributed by atoms with Crippen molar-refractivity contribution in [1.82, 2.24) is 0 Å². The average molecular weight is 387 g/mol. The van der Waals surface area contributed by atoms with E-state index in [0.717, 1.165) is 38.5 Å². The van der Waals surface area contributed by atoms with Gasteiger partial charge in [0.15, 0.2) is 6.23 Å². The first kappa shape index (κ1) is 26.4. The van der Waals surface area contributed by atoms with Crippen molar-refractivity contribution in [2.24, 2.45) is 11.5 Å². The van der Waals surface area contributed by atoms with Gasteiger partial charge in [0.25, 0.3) is 0 Å². The van der Waals surface area contributed by atoms with E-state index < -0.39 is 6.23 Å². The Hall–Kier alpha value is -0.650. The van der Waals surface area contributed by atoms with Crippen LogP contribution in [0.5, 0.6) is 0 Å². The minimum atomic E-state index is -0.504. The van der Waals surface area contributed by atoms with Gasteiger partial charge in [0.1, 0.15) is 0 Å². The Morgan fingerprint density at radius 1 is 0.815 bits per heavy atom. The van der Waals surface area contributed by atoms with Gasteiger partial charge in [0.05, 0.1) is 6.10 Å². The van der Waals surface area contributed by atoms with Gasteiger partial charge in [-0.05, 0) is 38.6 Å². The highest BCUT2D eigenvalue weighted by atomic mass is 16.6. The minimum absolute atomic E-state index is 0.0926. The molecule has 0 aliphatic rings. The number of hydrogen-bond donors (Lipinski definition) is 3. The molecule has 5 heteroatoms. The highest BCUT2D eigenvalue weighted by Crippen LogP contribution is 2.14. The molecule has 0 saturated heterocycles. The van der Waals surface area contributed by atoms with E-state index in [1.165, 1.54) is 57.8 Å². The summed E-state index contributed by atoms with van der Waals surface area (Å²) in [5.41, 5.74) is 11.1. The second-order valence-corrected chi connectivity index (χ2v) is 7.83. The summed E-state index contributed by atoms with van der Waals surface area (Å²) in [4.78, 5) is 11.6. The van der Waals surface area contributed by atoms with Crippen LogP contribution >= 0.6 is 0 Å². The van der Waals surface area contributed by atoms with Gasteiger partial charge >= 0.3 is 5.97 Å². The number of carbonyl (C=O) groups excluding carboxylic acids is 1. The molecule has 0 aromatic heterocycles. The number of carbonyl (C=O) groups is 1. The number of aliphatic hydroxyl groups is 1. The Kier molecular flexibility index (Phi) is 19.6. The highest BCUT2D eigenvalue weighted by molar-refractivity contribution is 5.69. The maximum Gasteiger partial charge on any atom is 0.307 e. The second-order valence-electron chi connectivity index (χ2n) is 7.83. The van der Waals surface area contributed by atoms with E-state index in [1.54, 1.807) is 0 Å². The molecule has 0 radical (unpaired) electrons. The van der Waals surface area contributed by atoms with Gasteiger partial charge in [-0.1, -0.05) is 77.6 Å². The molecule has 162 valence electrons. The summed E-state index contributed by atoms with van der Waals surface area (Å²) in [5, 5.41) is 9.94. The predicted octanol–water partition coefficient (Wildman–Crippen LogP) is 4.79. The average Bonchev–Trinajstić information content (AvgIpc) is 2.65. The van der Waals surface area contributed by atoms with Crippen molar-refractivity contribution in [2.75, 3.05) is 6.54 Å². The Bertz CT molecular complexity index is 327. The molecule has 5 N–H and O–H groups in total. The van der Waals surface area contributed by atoms with Crippen LogP contribution in [0.1, 0.15) is 116 Å². The van der Waals surface area contributed by atoms with Crippen LogP contribution in [0.3, 0.4) is 0 Å². The zero-order chi connectivity index (χ0) is 20.2. The molecule has 0 heterocycles. The molecule has 2 unspecified atom stereocenters. The van der Waals surface area contributed by atoms with Crippen molar-refractivity contribution in [3.8, 4) is 0 Å². The molecular formula is C22H46N2O3. The molecule has 0 bridgehead atoms. The molecule has 0 aliphatic heterocycles. The zero-order valence-electron chi connectivity index (χ0n) is 17.8. The lowest BCUT2D eigenvalue weighted by Gasteiger charge is -2.12. The van der Waals surface area contributed by atoms with Crippen LogP contribution in [0.25, 0.3) is 0 Å². The number of ether oxygens (including phenoxy) is 1. The number of rotatable bonds is 20. The van der Waals surface area contributed by atoms with Gasteiger partial charge in [-0.2, -0.15) is 0 Å². The first-order valence-electron chi connectivity index (χ1n) is 11.4.